The Kier molecular flexibility index (Phi) is 10.5. The van der Waals surface area contributed by atoms with Gasteiger partial charge in [-0.1, -0.05) is 18.2 Å². The molecule has 0 bridgehead atoms. The van der Waals surface area contributed by atoms with Crippen LogP contribution in [0.4, 0.5) is 5.69 Å². The van der Waals surface area contributed by atoms with Gasteiger partial charge in [0.15, 0.2) is 0 Å². The first-order chi connectivity index (χ1) is 30.1. The number of nitrogens with zero attached hydrogens (tertiary/aromatic N) is 6. The van der Waals surface area contributed by atoms with Crippen molar-refractivity contribution in [2.45, 2.75) is 69.5 Å². The SMILES string of the molecule is NC1=NCN=C(NC2CCN(C3CC4(CCN(CC5CN(c6ccc7c(c6)C(=O)N(C6CCC(=O)NC6=O)C7=O)C5)CC4)C3)CC2)C1=C(N)c1ccc(Oc2ccccc2)cc1. The van der Waals surface area contributed by atoms with E-state index in [1.807, 2.05) is 60.7 Å². The van der Waals surface area contributed by atoms with E-state index in [0.717, 1.165) is 92.1 Å². The number of aliphatic imine (C=N–C) groups is 2. The van der Waals surface area contributed by atoms with Crippen molar-refractivity contribution < 1.29 is 23.9 Å². The van der Waals surface area contributed by atoms with E-state index in [-0.39, 0.29) is 31.5 Å². The molecule has 6 heterocycles. The van der Waals surface area contributed by atoms with Gasteiger partial charge in [-0.25, -0.2) is 9.98 Å². The van der Waals surface area contributed by atoms with Gasteiger partial charge in [0.1, 0.15) is 35.9 Å². The summed E-state index contributed by atoms with van der Waals surface area (Å²) in [6.45, 7) is 7.57. The summed E-state index contributed by atoms with van der Waals surface area (Å²) >= 11 is 0. The number of carbonyl (C=O) groups excluding carboxylic acids is 4. The number of hydrogen-bond acceptors (Lipinski definition) is 13. The predicted molar refractivity (Wildman–Crippen MR) is 236 cm³/mol. The standard InChI is InChI=1S/C47H54N10O5/c48-41(30-6-9-35(10-7-30)62-34-4-2-1-3-5-34)40-42(49)50-28-51-43(40)52-31-14-18-55(19-15-31)33-23-47(24-33)16-20-54(21-17-47)25-29-26-56(27-29)32-8-11-36-37(22-32)46(61)57(45(36)60)38-12-13-39(58)53-44(38)59/h1-11,22,29,31,33,38H,12-21,23-28,48H2,(H2,49,50)(H,51,52)(H,53,58,59). The van der Waals surface area contributed by atoms with Gasteiger partial charge in [0.2, 0.25) is 11.8 Å². The molecule has 4 amide bonds. The van der Waals surface area contributed by atoms with Gasteiger partial charge in [0, 0.05) is 62.8 Å². The first-order valence-corrected chi connectivity index (χ1v) is 22.1. The van der Waals surface area contributed by atoms with E-state index in [9.17, 15) is 19.2 Å². The molecule has 6 aliphatic heterocycles. The maximum absolute atomic E-state index is 13.3. The number of ether oxygens (including phenoxy) is 1. The Morgan fingerprint density at radius 3 is 2.27 bits per heavy atom. The molecular formula is C47H54N10O5. The molecule has 5 fully saturated rings. The third-order valence-electron chi connectivity index (χ3n) is 14.3. The zero-order valence-electron chi connectivity index (χ0n) is 34.9. The van der Waals surface area contributed by atoms with Gasteiger partial charge in [0.05, 0.1) is 22.4 Å². The van der Waals surface area contributed by atoms with Crippen molar-refractivity contribution in [3.05, 3.63) is 95.1 Å². The topological polar surface area (TPSA) is 191 Å². The van der Waals surface area contributed by atoms with E-state index in [0.29, 0.717) is 45.6 Å². The van der Waals surface area contributed by atoms with Crippen molar-refractivity contribution in [1.82, 2.24) is 25.3 Å². The van der Waals surface area contributed by atoms with E-state index in [1.54, 1.807) is 12.1 Å². The van der Waals surface area contributed by atoms with Crippen molar-refractivity contribution in [3.63, 3.8) is 0 Å². The molecular weight excluding hydrogens is 785 g/mol. The Morgan fingerprint density at radius 2 is 1.55 bits per heavy atom. The zero-order chi connectivity index (χ0) is 42.5. The smallest absolute Gasteiger partial charge is 0.262 e. The van der Waals surface area contributed by atoms with Crippen LogP contribution >= 0.6 is 0 Å². The first-order valence-electron chi connectivity index (χ1n) is 22.1. The summed E-state index contributed by atoms with van der Waals surface area (Å²) in [5, 5.41) is 5.96. The fourth-order valence-electron chi connectivity index (χ4n) is 10.7. The van der Waals surface area contributed by atoms with Gasteiger partial charge in [-0.3, -0.25) is 29.4 Å². The fraction of sp³-hybridized carbons (Fsp3) is 0.447. The summed E-state index contributed by atoms with van der Waals surface area (Å²) in [6, 6.07) is 22.7. The molecule has 7 aliphatic rings. The Labute approximate surface area is 361 Å². The van der Waals surface area contributed by atoms with Crippen LogP contribution in [0.25, 0.3) is 5.70 Å². The number of imide groups is 2. The minimum absolute atomic E-state index is 0.105. The number of para-hydroxylation sites is 1. The molecule has 0 aromatic heterocycles. The van der Waals surface area contributed by atoms with Crippen LogP contribution in [-0.2, 0) is 9.59 Å². The normalized spacial score (nSPS) is 24.5. The van der Waals surface area contributed by atoms with Crippen molar-refractivity contribution in [1.29, 1.82) is 0 Å². The molecule has 1 saturated carbocycles. The lowest BCUT2D eigenvalue weighted by molar-refractivity contribution is -0.136. The molecule has 0 radical (unpaired) electrons. The summed E-state index contributed by atoms with van der Waals surface area (Å²) < 4.78 is 5.96. The number of rotatable bonds is 9. The Hall–Kier alpha value is -6.06. The average Bonchev–Trinajstić information content (AvgIpc) is 3.50. The van der Waals surface area contributed by atoms with Crippen LogP contribution in [0.5, 0.6) is 11.5 Å². The van der Waals surface area contributed by atoms with Crippen LogP contribution in [0.15, 0.2) is 88.4 Å². The minimum atomic E-state index is -0.955. The highest BCUT2D eigenvalue weighted by Gasteiger charge is 2.49. The highest BCUT2D eigenvalue weighted by Crippen LogP contribution is 2.51. The number of piperidine rings is 3. The third kappa shape index (κ3) is 7.72. The summed E-state index contributed by atoms with van der Waals surface area (Å²) in [6.07, 6.45) is 7.40. The highest BCUT2D eigenvalue weighted by molar-refractivity contribution is 6.27. The lowest BCUT2D eigenvalue weighted by atomic mass is 9.59. The number of nitrogens with one attached hydrogen (secondary N) is 2. The van der Waals surface area contributed by atoms with Gasteiger partial charge in [0.25, 0.3) is 11.8 Å². The van der Waals surface area contributed by atoms with Crippen LogP contribution < -0.4 is 31.7 Å². The molecule has 322 valence electrons. The van der Waals surface area contributed by atoms with Crippen LogP contribution in [0.3, 0.4) is 0 Å². The van der Waals surface area contributed by atoms with Crippen LogP contribution in [0.2, 0.25) is 0 Å². The number of hydrogen-bond donors (Lipinski definition) is 4. The lowest BCUT2D eigenvalue weighted by Crippen LogP contribution is -2.58. The van der Waals surface area contributed by atoms with Crippen molar-refractivity contribution >= 4 is 46.7 Å². The molecule has 1 atom stereocenters. The van der Waals surface area contributed by atoms with E-state index >= 15 is 0 Å². The van der Waals surface area contributed by atoms with Crippen LogP contribution in [0, 0.1) is 11.3 Å². The Morgan fingerprint density at radius 1 is 0.839 bits per heavy atom. The van der Waals surface area contributed by atoms with Gasteiger partial charge < -0.3 is 36.2 Å². The van der Waals surface area contributed by atoms with Crippen LogP contribution in [-0.4, -0.2) is 121 Å². The monoisotopic (exact) mass is 838 g/mol. The number of amides is 4. The molecule has 6 N–H and O–H groups in total. The molecule has 4 saturated heterocycles. The fourth-order valence-corrected chi connectivity index (χ4v) is 10.7. The number of amidine groups is 2. The Balaban J connectivity index is 0.658. The Bertz CT molecular complexity index is 2350. The van der Waals surface area contributed by atoms with Gasteiger partial charge >= 0.3 is 0 Å². The maximum Gasteiger partial charge on any atom is 0.262 e. The van der Waals surface area contributed by atoms with E-state index < -0.39 is 23.8 Å². The van der Waals surface area contributed by atoms with E-state index in [2.05, 4.69) is 30.3 Å². The zero-order valence-corrected chi connectivity index (χ0v) is 34.9. The second-order valence-electron chi connectivity index (χ2n) is 18.2. The number of benzene rings is 3. The third-order valence-corrected chi connectivity index (χ3v) is 14.3. The van der Waals surface area contributed by atoms with Crippen LogP contribution in [0.1, 0.15) is 77.6 Å². The number of likely N-dealkylation sites (tertiary alicyclic amines) is 2. The predicted octanol–water partition coefficient (Wildman–Crippen LogP) is 3.71. The maximum atomic E-state index is 13.3. The average molecular weight is 839 g/mol. The molecule has 3 aromatic rings. The first kappa shape index (κ1) is 40.0. The largest absolute Gasteiger partial charge is 0.457 e. The summed E-state index contributed by atoms with van der Waals surface area (Å²) in [5.74, 6) is 1.27. The number of carbonyl (C=O) groups is 4. The van der Waals surface area contributed by atoms with Crippen molar-refractivity contribution in [3.8, 4) is 11.5 Å². The van der Waals surface area contributed by atoms with Gasteiger partial charge in [-0.05, 0) is 124 Å². The number of fused-ring (bicyclic) bond motifs is 1. The van der Waals surface area contributed by atoms with Gasteiger partial charge in [-0.15, -0.1) is 0 Å². The molecule has 62 heavy (non-hydrogen) atoms. The molecule has 3 aromatic carbocycles. The van der Waals surface area contributed by atoms with Crippen molar-refractivity contribution in [2.24, 2.45) is 32.8 Å². The summed E-state index contributed by atoms with van der Waals surface area (Å²) in [7, 11) is 0. The lowest BCUT2D eigenvalue weighted by Gasteiger charge is -2.56. The van der Waals surface area contributed by atoms with Crippen molar-refractivity contribution in [2.75, 3.05) is 57.4 Å². The van der Waals surface area contributed by atoms with E-state index in [4.69, 9.17) is 21.2 Å². The number of nitrogens with two attached hydrogens (primary N) is 2. The molecule has 1 aliphatic carbocycles. The second kappa shape index (κ2) is 16.3. The molecule has 15 nitrogen and oxygen atoms in total. The quantitative estimate of drug-likeness (QED) is 0.230. The molecule has 15 heteroatoms. The molecule has 10 rings (SSSR count). The molecule has 1 spiro atoms. The van der Waals surface area contributed by atoms with E-state index in [1.165, 1.54) is 25.7 Å². The summed E-state index contributed by atoms with van der Waals surface area (Å²) in [4.78, 5) is 68.3. The number of anilines is 1. The summed E-state index contributed by atoms with van der Waals surface area (Å²) in [5.41, 5.74) is 17.3. The second-order valence-corrected chi connectivity index (χ2v) is 18.2. The minimum Gasteiger partial charge on any atom is -0.457 e. The van der Waals surface area contributed by atoms with Gasteiger partial charge in [-0.2, -0.15) is 0 Å². The molecule has 1 unspecified atom stereocenters. The highest BCUT2D eigenvalue weighted by atomic mass is 16.5.